The van der Waals surface area contributed by atoms with Crippen molar-refractivity contribution in [3.8, 4) is 0 Å². The highest BCUT2D eigenvalue weighted by atomic mass is 16.1. The van der Waals surface area contributed by atoms with Crippen molar-refractivity contribution in [1.82, 2.24) is 0 Å². The normalized spacial score (nSPS) is 33.9. The lowest BCUT2D eigenvalue weighted by Crippen LogP contribution is -2.42. The first-order valence-electron chi connectivity index (χ1n) is 7.90. The predicted octanol–water partition coefficient (Wildman–Crippen LogP) is 4.05. The van der Waals surface area contributed by atoms with Gasteiger partial charge in [0.2, 0.25) is 0 Å². The molecule has 1 saturated carbocycles. The summed E-state index contributed by atoms with van der Waals surface area (Å²) in [6.45, 7) is 6.61. The number of hydrogen-bond acceptors (Lipinski definition) is 2. The molecule has 3 rings (SSSR count). The predicted molar refractivity (Wildman–Crippen MR) is 83.0 cm³/mol. The molecule has 0 aromatic heterocycles. The van der Waals surface area contributed by atoms with Crippen LogP contribution in [-0.2, 0) is 4.79 Å². The van der Waals surface area contributed by atoms with Crippen LogP contribution in [0.4, 0.5) is 5.69 Å². The van der Waals surface area contributed by atoms with Crippen molar-refractivity contribution in [3.63, 3.8) is 0 Å². The van der Waals surface area contributed by atoms with E-state index in [1.54, 1.807) is 0 Å². The zero-order valence-electron chi connectivity index (χ0n) is 12.7. The molecule has 1 aromatic rings. The van der Waals surface area contributed by atoms with Gasteiger partial charge < -0.3 is 4.90 Å². The Balaban J connectivity index is 1.77. The van der Waals surface area contributed by atoms with Crippen LogP contribution in [0.3, 0.4) is 0 Å². The molecule has 1 heterocycles. The smallest absolute Gasteiger partial charge is 0.138 e. The number of ketones is 1. The number of carbonyl (C=O) groups is 1. The van der Waals surface area contributed by atoms with E-state index in [2.05, 4.69) is 49.1 Å². The van der Waals surface area contributed by atoms with Gasteiger partial charge >= 0.3 is 0 Å². The number of Topliss-reactive ketones (excluding diaryl/α,β-unsaturated/α-hetero) is 1. The summed E-state index contributed by atoms with van der Waals surface area (Å²) in [7, 11) is 0. The zero-order chi connectivity index (χ0) is 14.2. The highest BCUT2D eigenvalue weighted by Crippen LogP contribution is 2.51. The van der Waals surface area contributed by atoms with E-state index in [0.717, 1.165) is 38.8 Å². The maximum atomic E-state index is 12.2. The first-order valence-corrected chi connectivity index (χ1v) is 7.90. The van der Waals surface area contributed by atoms with Crippen LogP contribution in [-0.4, -0.2) is 18.9 Å². The molecular weight excluding hydrogens is 246 g/mol. The lowest BCUT2D eigenvalue weighted by Gasteiger charge is -2.43. The van der Waals surface area contributed by atoms with E-state index in [9.17, 15) is 4.79 Å². The Hall–Kier alpha value is -1.31. The molecule has 0 bridgehead atoms. The van der Waals surface area contributed by atoms with Gasteiger partial charge in [-0.1, -0.05) is 32.0 Å². The van der Waals surface area contributed by atoms with Gasteiger partial charge in [0.05, 0.1) is 0 Å². The van der Waals surface area contributed by atoms with Gasteiger partial charge in [0.25, 0.3) is 0 Å². The minimum atomic E-state index is -0.0784. The van der Waals surface area contributed by atoms with Crippen molar-refractivity contribution < 1.29 is 4.79 Å². The Labute approximate surface area is 122 Å². The highest BCUT2D eigenvalue weighted by Gasteiger charge is 2.49. The van der Waals surface area contributed by atoms with Crippen molar-refractivity contribution in [2.24, 2.45) is 10.8 Å². The molecule has 1 saturated heterocycles. The molecule has 0 N–H and O–H groups in total. The second-order valence-corrected chi connectivity index (χ2v) is 7.02. The number of hydrogen-bond donors (Lipinski definition) is 0. The molecule has 0 amide bonds. The van der Waals surface area contributed by atoms with Crippen molar-refractivity contribution in [3.05, 3.63) is 30.3 Å². The largest absolute Gasteiger partial charge is 0.371 e. The molecule has 0 radical (unpaired) electrons. The molecule has 2 fully saturated rings. The van der Waals surface area contributed by atoms with E-state index < -0.39 is 0 Å². The Kier molecular flexibility index (Phi) is 3.35. The van der Waals surface area contributed by atoms with Gasteiger partial charge in [-0.05, 0) is 43.2 Å². The number of para-hydroxylation sites is 1. The van der Waals surface area contributed by atoms with Crippen LogP contribution in [0.5, 0.6) is 0 Å². The van der Waals surface area contributed by atoms with Gasteiger partial charge in [-0.25, -0.2) is 0 Å². The number of anilines is 1. The van der Waals surface area contributed by atoms with Crippen LogP contribution in [0.15, 0.2) is 30.3 Å². The summed E-state index contributed by atoms with van der Waals surface area (Å²) in [5.41, 5.74) is 1.62. The molecule has 2 heteroatoms. The van der Waals surface area contributed by atoms with E-state index in [0.29, 0.717) is 11.2 Å². The molecule has 108 valence electrons. The van der Waals surface area contributed by atoms with E-state index in [1.807, 2.05) is 0 Å². The van der Waals surface area contributed by atoms with Crippen LogP contribution in [0.1, 0.15) is 46.0 Å². The number of nitrogens with zero attached hydrogens (tertiary/aromatic N) is 1. The molecule has 1 aliphatic heterocycles. The fourth-order valence-electron chi connectivity index (χ4n) is 4.16. The van der Waals surface area contributed by atoms with Crippen LogP contribution >= 0.6 is 0 Å². The molecular formula is C18H25NO. The molecule has 1 aliphatic carbocycles. The van der Waals surface area contributed by atoms with Crippen molar-refractivity contribution in [1.29, 1.82) is 0 Å². The standard InChI is InChI=1S/C18H25NO/c1-3-17(2)13-18(10-9-16(17)20)11-12-19(14-18)15-7-5-4-6-8-15/h4-8H,3,9-14H2,1-2H3. The lowest BCUT2D eigenvalue weighted by atomic mass is 9.61. The number of carbonyl (C=O) groups excluding carboxylic acids is 1. The Morgan fingerprint density at radius 1 is 1.20 bits per heavy atom. The third kappa shape index (κ3) is 2.25. The SMILES string of the molecule is CCC1(C)CC2(CCC1=O)CCN(c1ccccc1)C2. The molecule has 2 nitrogen and oxygen atoms in total. The van der Waals surface area contributed by atoms with E-state index in [4.69, 9.17) is 0 Å². The fraction of sp³-hybridized carbons (Fsp3) is 0.611. The summed E-state index contributed by atoms with van der Waals surface area (Å²) in [5, 5.41) is 0. The van der Waals surface area contributed by atoms with E-state index >= 15 is 0 Å². The summed E-state index contributed by atoms with van der Waals surface area (Å²) in [4.78, 5) is 14.7. The average Bonchev–Trinajstić information content (AvgIpc) is 2.88. The van der Waals surface area contributed by atoms with Gasteiger partial charge in [-0.3, -0.25) is 4.79 Å². The first kappa shape index (κ1) is 13.7. The number of rotatable bonds is 2. The van der Waals surface area contributed by atoms with Crippen LogP contribution in [0, 0.1) is 10.8 Å². The second-order valence-electron chi connectivity index (χ2n) is 7.02. The number of benzene rings is 1. The molecule has 2 unspecified atom stereocenters. The molecule has 20 heavy (non-hydrogen) atoms. The van der Waals surface area contributed by atoms with Gasteiger partial charge in [0.1, 0.15) is 5.78 Å². The van der Waals surface area contributed by atoms with Crippen LogP contribution < -0.4 is 4.90 Å². The molecule has 1 aromatic carbocycles. The Morgan fingerprint density at radius 3 is 2.65 bits per heavy atom. The fourth-order valence-corrected chi connectivity index (χ4v) is 4.16. The summed E-state index contributed by atoms with van der Waals surface area (Å²) in [6.07, 6.45) is 5.18. The second kappa shape index (κ2) is 4.91. The quantitative estimate of drug-likeness (QED) is 0.808. The minimum Gasteiger partial charge on any atom is -0.371 e. The molecule has 2 atom stereocenters. The monoisotopic (exact) mass is 271 g/mol. The first-order chi connectivity index (χ1) is 9.57. The minimum absolute atomic E-state index is 0.0784. The summed E-state index contributed by atoms with van der Waals surface area (Å²) in [5.74, 6) is 0.490. The van der Waals surface area contributed by atoms with E-state index in [1.165, 1.54) is 12.1 Å². The maximum Gasteiger partial charge on any atom is 0.138 e. The Morgan fingerprint density at radius 2 is 1.95 bits per heavy atom. The lowest BCUT2D eigenvalue weighted by molar-refractivity contribution is -0.134. The van der Waals surface area contributed by atoms with E-state index in [-0.39, 0.29) is 5.41 Å². The van der Waals surface area contributed by atoms with Gasteiger partial charge in [-0.2, -0.15) is 0 Å². The summed E-state index contributed by atoms with van der Waals surface area (Å²) in [6, 6.07) is 10.7. The van der Waals surface area contributed by atoms with Gasteiger partial charge in [0, 0.05) is 30.6 Å². The third-order valence-electron chi connectivity index (χ3n) is 5.66. The summed E-state index contributed by atoms with van der Waals surface area (Å²) < 4.78 is 0. The maximum absolute atomic E-state index is 12.2. The van der Waals surface area contributed by atoms with Crippen molar-refractivity contribution >= 4 is 11.5 Å². The van der Waals surface area contributed by atoms with Gasteiger partial charge in [-0.15, -0.1) is 0 Å². The van der Waals surface area contributed by atoms with Gasteiger partial charge in [0.15, 0.2) is 0 Å². The van der Waals surface area contributed by atoms with Crippen LogP contribution in [0.2, 0.25) is 0 Å². The third-order valence-corrected chi connectivity index (χ3v) is 5.66. The topological polar surface area (TPSA) is 20.3 Å². The van der Waals surface area contributed by atoms with Crippen molar-refractivity contribution in [2.75, 3.05) is 18.0 Å². The highest BCUT2D eigenvalue weighted by molar-refractivity contribution is 5.85. The zero-order valence-corrected chi connectivity index (χ0v) is 12.7. The van der Waals surface area contributed by atoms with Crippen molar-refractivity contribution in [2.45, 2.75) is 46.0 Å². The average molecular weight is 271 g/mol. The Bertz CT molecular complexity index is 497. The molecule has 2 aliphatic rings. The molecule has 1 spiro atoms. The van der Waals surface area contributed by atoms with Crippen LogP contribution in [0.25, 0.3) is 0 Å². The summed E-state index contributed by atoms with van der Waals surface area (Å²) >= 11 is 0.